The number of carbonyl (C=O) groups is 2. The fourth-order valence-electron chi connectivity index (χ4n) is 2.39. The summed E-state index contributed by atoms with van der Waals surface area (Å²) in [5.74, 6) is 4.94. The van der Waals surface area contributed by atoms with Crippen LogP contribution in [0.15, 0.2) is 0 Å². The van der Waals surface area contributed by atoms with Crippen molar-refractivity contribution < 1.29 is 19.1 Å². The van der Waals surface area contributed by atoms with Crippen molar-refractivity contribution >= 4 is 11.9 Å². The minimum Gasteiger partial charge on any atom is -0.466 e. The van der Waals surface area contributed by atoms with Crippen LogP contribution in [0.25, 0.3) is 0 Å². The van der Waals surface area contributed by atoms with Gasteiger partial charge in [0, 0.05) is 12.6 Å². The molecule has 116 valence electrons. The third kappa shape index (κ3) is 5.09. The van der Waals surface area contributed by atoms with Crippen molar-refractivity contribution in [3.05, 3.63) is 0 Å². The van der Waals surface area contributed by atoms with E-state index >= 15 is 0 Å². The van der Waals surface area contributed by atoms with Crippen LogP contribution in [0.3, 0.4) is 0 Å². The summed E-state index contributed by atoms with van der Waals surface area (Å²) in [5, 5.41) is 1.56. The van der Waals surface area contributed by atoms with Crippen LogP contribution in [-0.4, -0.2) is 41.7 Å². The van der Waals surface area contributed by atoms with Gasteiger partial charge in [-0.1, -0.05) is 0 Å². The number of rotatable bonds is 4. The third-order valence-electron chi connectivity index (χ3n) is 3.21. The van der Waals surface area contributed by atoms with Crippen molar-refractivity contribution in [2.24, 2.45) is 11.8 Å². The molecule has 2 atom stereocenters. The average Bonchev–Trinajstić information content (AvgIpc) is 2.29. The van der Waals surface area contributed by atoms with E-state index in [0.29, 0.717) is 19.6 Å². The Bertz CT molecular complexity index is 352. The lowest BCUT2D eigenvalue weighted by molar-refractivity contribution is -0.165. The van der Waals surface area contributed by atoms with E-state index in [0.717, 1.165) is 6.42 Å². The van der Waals surface area contributed by atoms with Crippen molar-refractivity contribution in [1.29, 1.82) is 0 Å². The Morgan fingerprint density at radius 1 is 1.35 bits per heavy atom. The first kappa shape index (κ1) is 16.9. The standard InChI is InChI=1S/C14H26N2O4/c1-5-19-12(17)9-11-10(7-6-8-16(11)15)13(18)20-14(2,3)4/h10-11H,5-9,15H2,1-4H3. The maximum absolute atomic E-state index is 12.3. The molecule has 0 saturated carbocycles. The summed E-state index contributed by atoms with van der Waals surface area (Å²) in [4.78, 5) is 23.9. The molecule has 0 aromatic carbocycles. The number of hydrazine groups is 1. The Kier molecular flexibility index (Phi) is 5.95. The highest BCUT2D eigenvalue weighted by Crippen LogP contribution is 2.27. The molecular weight excluding hydrogens is 260 g/mol. The van der Waals surface area contributed by atoms with Crippen LogP contribution in [0.4, 0.5) is 0 Å². The van der Waals surface area contributed by atoms with E-state index < -0.39 is 5.60 Å². The van der Waals surface area contributed by atoms with Crippen molar-refractivity contribution in [1.82, 2.24) is 5.01 Å². The molecule has 0 spiro atoms. The second-order valence-corrected chi connectivity index (χ2v) is 6.10. The van der Waals surface area contributed by atoms with Gasteiger partial charge < -0.3 is 9.47 Å². The fraction of sp³-hybridized carbons (Fsp3) is 0.857. The molecule has 0 amide bonds. The van der Waals surface area contributed by atoms with Gasteiger partial charge in [-0.15, -0.1) is 0 Å². The molecule has 6 heteroatoms. The van der Waals surface area contributed by atoms with Crippen molar-refractivity contribution in [3.63, 3.8) is 0 Å². The predicted octanol–water partition coefficient (Wildman–Crippen LogP) is 1.24. The van der Waals surface area contributed by atoms with Gasteiger partial charge in [0.25, 0.3) is 0 Å². The Labute approximate surface area is 120 Å². The zero-order valence-corrected chi connectivity index (χ0v) is 12.8. The quantitative estimate of drug-likeness (QED) is 0.618. The van der Waals surface area contributed by atoms with Crippen LogP contribution < -0.4 is 5.84 Å². The number of ether oxygens (including phenoxy) is 2. The molecule has 1 heterocycles. The lowest BCUT2D eigenvalue weighted by atomic mass is 9.88. The summed E-state index contributed by atoms with van der Waals surface area (Å²) in [6, 6.07) is -0.349. The molecule has 0 radical (unpaired) electrons. The normalized spacial score (nSPS) is 24.2. The highest BCUT2D eigenvalue weighted by Gasteiger charge is 2.38. The summed E-state index contributed by atoms with van der Waals surface area (Å²) in [6.45, 7) is 8.23. The van der Waals surface area contributed by atoms with Crippen molar-refractivity contribution in [2.45, 2.75) is 58.6 Å². The first-order valence-electron chi connectivity index (χ1n) is 7.14. The Balaban J connectivity index is 2.74. The van der Waals surface area contributed by atoms with E-state index in [-0.39, 0.29) is 30.3 Å². The molecule has 6 nitrogen and oxygen atoms in total. The second-order valence-electron chi connectivity index (χ2n) is 6.10. The molecule has 0 aromatic heterocycles. The molecule has 1 saturated heterocycles. The molecule has 0 bridgehead atoms. The van der Waals surface area contributed by atoms with Crippen LogP contribution in [-0.2, 0) is 19.1 Å². The summed E-state index contributed by atoms with van der Waals surface area (Å²) < 4.78 is 10.4. The van der Waals surface area contributed by atoms with Gasteiger partial charge in [0.1, 0.15) is 5.60 Å². The zero-order valence-electron chi connectivity index (χ0n) is 12.8. The number of esters is 2. The molecule has 2 N–H and O–H groups in total. The largest absolute Gasteiger partial charge is 0.466 e. The number of nitrogens with zero attached hydrogens (tertiary/aromatic N) is 1. The Morgan fingerprint density at radius 2 is 2.00 bits per heavy atom. The van der Waals surface area contributed by atoms with E-state index in [9.17, 15) is 9.59 Å². The average molecular weight is 286 g/mol. The highest BCUT2D eigenvalue weighted by atomic mass is 16.6. The molecule has 1 rings (SSSR count). The van der Waals surface area contributed by atoms with Gasteiger partial charge in [-0.3, -0.25) is 15.4 Å². The monoisotopic (exact) mass is 286 g/mol. The zero-order chi connectivity index (χ0) is 15.3. The number of carbonyl (C=O) groups excluding carboxylic acids is 2. The van der Waals surface area contributed by atoms with Gasteiger partial charge in [0.2, 0.25) is 0 Å². The molecule has 1 aliphatic rings. The molecule has 0 aliphatic carbocycles. The highest BCUT2D eigenvalue weighted by molar-refractivity contribution is 5.76. The fourth-order valence-corrected chi connectivity index (χ4v) is 2.39. The minimum atomic E-state index is -0.539. The van der Waals surface area contributed by atoms with E-state index in [1.165, 1.54) is 0 Å². The van der Waals surface area contributed by atoms with Crippen LogP contribution in [0.5, 0.6) is 0 Å². The maximum atomic E-state index is 12.3. The summed E-state index contributed by atoms with van der Waals surface area (Å²) in [6.07, 6.45) is 1.63. The number of hydrogen-bond acceptors (Lipinski definition) is 6. The van der Waals surface area contributed by atoms with Crippen LogP contribution in [0, 0.1) is 5.92 Å². The number of piperidine rings is 1. The van der Waals surface area contributed by atoms with Gasteiger partial charge >= 0.3 is 11.9 Å². The van der Waals surface area contributed by atoms with Crippen molar-refractivity contribution in [2.75, 3.05) is 13.2 Å². The third-order valence-corrected chi connectivity index (χ3v) is 3.21. The Hall–Kier alpha value is -1.14. The van der Waals surface area contributed by atoms with Crippen molar-refractivity contribution in [3.8, 4) is 0 Å². The minimum absolute atomic E-state index is 0.119. The number of nitrogens with two attached hydrogens (primary N) is 1. The summed E-state index contributed by atoms with van der Waals surface area (Å²) in [5.41, 5.74) is -0.539. The van der Waals surface area contributed by atoms with Gasteiger partial charge in [-0.25, -0.2) is 5.01 Å². The van der Waals surface area contributed by atoms with E-state index in [1.54, 1.807) is 11.9 Å². The summed E-state index contributed by atoms with van der Waals surface area (Å²) >= 11 is 0. The van der Waals surface area contributed by atoms with Crippen LogP contribution in [0.1, 0.15) is 47.0 Å². The first-order chi connectivity index (χ1) is 9.24. The van der Waals surface area contributed by atoms with E-state index in [4.69, 9.17) is 15.3 Å². The van der Waals surface area contributed by atoms with Gasteiger partial charge in [0.05, 0.1) is 18.9 Å². The maximum Gasteiger partial charge on any atom is 0.311 e. The lowest BCUT2D eigenvalue weighted by Crippen LogP contribution is -2.53. The lowest BCUT2D eigenvalue weighted by Gasteiger charge is -2.37. The van der Waals surface area contributed by atoms with Gasteiger partial charge in [-0.05, 0) is 40.5 Å². The smallest absolute Gasteiger partial charge is 0.311 e. The Morgan fingerprint density at radius 3 is 2.55 bits per heavy atom. The molecular formula is C14H26N2O4. The second kappa shape index (κ2) is 7.04. The summed E-state index contributed by atoms with van der Waals surface area (Å²) in [7, 11) is 0. The van der Waals surface area contributed by atoms with Crippen LogP contribution in [0.2, 0.25) is 0 Å². The van der Waals surface area contributed by atoms with Gasteiger partial charge in [0.15, 0.2) is 0 Å². The molecule has 1 fully saturated rings. The van der Waals surface area contributed by atoms with E-state index in [2.05, 4.69) is 0 Å². The molecule has 1 aliphatic heterocycles. The first-order valence-corrected chi connectivity index (χ1v) is 7.14. The topological polar surface area (TPSA) is 81.9 Å². The predicted molar refractivity (Wildman–Crippen MR) is 74.5 cm³/mol. The van der Waals surface area contributed by atoms with E-state index in [1.807, 2.05) is 20.8 Å². The van der Waals surface area contributed by atoms with Crippen LogP contribution >= 0.6 is 0 Å². The molecule has 0 aromatic rings. The SMILES string of the molecule is CCOC(=O)CC1C(C(=O)OC(C)(C)C)CCCN1N. The molecule has 2 unspecified atom stereocenters. The number of hydrogen-bond donors (Lipinski definition) is 1. The molecule has 20 heavy (non-hydrogen) atoms. The van der Waals surface area contributed by atoms with Gasteiger partial charge in [-0.2, -0.15) is 0 Å².